The van der Waals surface area contributed by atoms with Crippen LogP contribution in [0.15, 0.2) is 48.5 Å². The summed E-state index contributed by atoms with van der Waals surface area (Å²) in [5.41, 5.74) is 2.22. The van der Waals surface area contributed by atoms with E-state index in [2.05, 4.69) is 4.74 Å². The fraction of sp³-hybridized carbons (Fsp3) is 0.0625. The number of benzene rings is 2. The number of ether oxygens (including phenoxy) is 1. The molecule has 0 fully saturated rings. The van der Waals surface area contributed by atoms with Gasteiger partial charge in [-0.2, -0.15) is 0 Å². The molecule has 0 saturated heterocycles. The highest BCUT2D eigenvalue weighted by atomic mass is 19.1. The molecule has 0 aliphatic carbocycles. The smallest absolute Gasteiger partial charge is 0.337 e. The van der Waals surface area contributed by atoms with E-state index in [9.17, 15) is 9.18 Å². The average molecular weight is 256 g/mol. The van der Waals surface area contributed by atoms with Crippen LogP contribution in [0.3, 0.4) is 0 Å². The molecule has 0 aliphatic rings. The van der Waals surface area contributed by atoms with E-state index in [0.717, 1.165) is 11.1 Å². The van der Waals surface area contributed by atoms with Gasteiger partial charge in [0.2, 0.25) is 0 Å². The molecule has 0 N–H and O–H groups in total. The Balaban J connectivity index is 2.13. The van der Waals surface area contributed by atoms with E-state index < -0.39 is 0 Å². The summed E-state index contributed by atoms with van der Waals surface area (Å²) < 4.78 is 17.6. The van der Waals surface area contributed by atoms with Gasteiger partial charge in [0.1, 0.15) is 5.82 Å². The first-order chi connectivity index (χ1) is 9.19. The molecule has 0 heterocycles. The molecule has 2 rings (SSSR count). The zero-order valence-corrected chi connectivity index (χ0v) is 10.5. The Morgan fingerprint density at radius 3 is 2.37 bits per heavy atom. The fourth-order valence-electron chi connectivity index (χ4n) is 1.65. The zero-order chi connectivity index (χ0) is 13.7. The van der Waals surface area contributed by atoms with Crippen LogP contribution in [0.25, 0.3) is 12.2 Å². The van der Waals surface area contributed by atoms with Crippen LogP contribution in [0.2, 0.25) is 0 Å². The molecule has 0 aliphatic heterocycles. The number of methoxy groups -OCH3 is 1. The summed E-state index contributed by atoms with van der Waals surface area (Å²) in [7, 11) is 1.35. The number of hydrogen-bond acceptors (Lipinski definition) is 2. The van der Waals surface area contributed by atoms with Crippen LogP contribution in [0.4, 0.5) is 4.39 Å². The second-order valence-corrected chi connectivity index (χ2v) is 4.00. The highest BCUT2D eigenvalue weighted by Crippen LogP contribution is 2.11. The largest absolute Gasteiger partial charge is 0.465 e. The molecule has 2 aromatic rings. The number of rotatable bonds is 3. The van der Waals surface area contributed by atoms with Crippen molar-refractivity contribution >= 4 is 18.1 Å². The maximum atomic E-state index is 13.0. The van der Waals surface area contributed by atoms with Gasteiger partial charge < -0.3 is 4.74 Å². The number of hydrogen-bond donors (Lipinski definition) is 0. The molecule has 0 spiro atoms. The van der Waals surface area contributed by atoms with Gasteiger partial charge in [-0.1, -0.05) is 36.4 Å². The predicted molar refractivity (Wildman–Crippen MR) is 73.1 cm³/mol. The topological polar surface area (TPSA) is 26.3 Å². The fourth-order valence-corrected chi connectivity index (χ4v) is 1.65. The first kappa shape index (κ1) is 13.0. The van der Waals surface area contributed by atoms with Crippen molar-refractivity contribution in [3.8, 4) is 0 Å². The Hall–Kier alpha value is -2.42. The van der Waals surface area contributed by atoms with E-state index in [4.69, 9.17) is 0 Å². The molecular weight excluding hydrogens is 243 g/mol. The van der Waals surface area contributed by atoms with Crippen molar-refractivity contribution in [3.05, 3.63) is 71.0 Å². The van der Waals surface area contributed by atoms with E-state index in [-0.39, 0.29) is 11.8 Å². The lowest BCUT2D eigenvalue weighted by Gasteiger charge is -1.99. The van der Waals surface area contributed by atoms with Crippen LogP contribution in [0.5, 0.6) is 0 Å². The van der Waals surface area contributed by atoms with Gasteiger partial charge in [0.25, 0.3) is 0 Å². The Morgan fingerprint density at radius 1 is 1.05 bits per heavy atom. The number of esters is 1. The molecule has 0 unspecified atom stereocenters. The third kappa shape index (κ3) is 3.52. The minimum atomic E-state index is -0.360. The van der Waals surface area contributed by atoms with Crippen LogP contribution >= 0.6 is 0 Å². The summed E-state index contributed by atoms with van der Waals surface area (Å²) in [5, 5.41) is 0. The van der Waals surface area contributed by atoms with Gasteiger partial charge in [0, 0.05) is 0 Å². The van der Waals surface area contributed by atoms with Gasteiger partial charge in [-0.25, -0.2) is 9.18 Å². The molecular formula is C16H13FO2. The second-order valence-electron chi connectivity index (χ2n) is 4.00. The molecule has 0 saturated carbocycles. The highest BCUT2D eigenvalue weighted by Gasteiger charge is 2.02. The Kier molecular flexibility index (Phi) is 4.08. The predicted octanol–water partition coefficient (Wildman–Crippen LogP) is 3.78. The van der Waals surface area contributed by atoms with Gasteiger partial charge in [-0.15, -0.1) is 0 Å². The van der Waals surface area contributed by atoms with Crippen molar-refractivity contribution in [2.75, 3.05) is 7.11 Å². The minimum Gasteiger partial charge on any atom is -0.465 e. The van der Waals surface area contributed by atoms with Gasteiger partial charge in [0.15, 0.2) is 0 Å². The van der Waals surface area contributed by atoms with Crippen LogP contribution in [-0.2, 0) is 4.74 Å². The monoisotopic (exact) mass is 256 g/mol. The standard InChI is InChI=1S/C16H13FO2/c1-19-16(18)14-9-7-12(8-10-14)5-6-13-3-2-4-15(17)11-13/h2-11H,1H3/b6-5+. The summed E-state index contributed by atoms with van der Waals surface area (Å²) in [6.45, 7) is 0. The SMILES string of the molecule is COC(=O)c1ccc(/C=C/c2cccc(F)c2)cc1. The molecule has 96 valence electrons. The first-order valence-electron chi connectivity index (χ1n) is 5.81. The van der Waals surface area contributed by atoms with E-state index in [1.807, 2.05) is 30.4 Å². The van der Waals surface area contributed by atoms with Gasteiger partial charge in [-0.05, 0) is 35.4 Å². The van der Waals surface area contributed by atoms with E-state index in [1.165, 1.54) is 19.2 Å². The van der Waals surface area contributed by atoms with Crippen molar-refractivity contribution in [3.63, 3.8) is 0 Å². The number of halogens is 1. The lowest BCUT2D eigenvalue weighted by molar-refractivity contribution is 0.0601. The Bertz CT molecular complexity index is 600. The lowest BCUT2D eigenvalue weighted by Crippen LogP contribution is -2.00. The Labute approximate surface area is 111 Å². The van der Waals surface area contributed by atoms with Crippen LogP contribution in [0, 0.1) is 5.82 Å². The van der Waals surface area contributed by atoms with Crippen molar-refractivity contribution in [2.24, 2.45) is 0 Å². The summed E-state index contributed by atoms with van der Waals surface area (Å²) in [6.07, 6.45) is 3.67. The molecule has 0 amide bonds. The number of carbonyl (C=O) groups excluding carboxylic acids is 1. The van der Waals surface area contributed by atoms with Crippen molar-refractivity contribution in [2.45, 2.75) is 0 Å². The molecule has 0 aromatic heterocycles. The normalized spacial score (nSPS) is 10.6. The maximum Gasteiger partial charge on any atom is 0.337 e. The maximum absolute atomic E-state index is 13.0. The third-order valence-electron chi connectivity index (χ3n) is 2.65. The minimum absolute atomic E-state index is 0.261. The van der Waals surface area contributed by atoms with Crippen molar-refractivity contribution in [1.82, 2.24) is 0 Å². The summed E-state index contributed by atoms with van der Waals surface area (Å²) in [4.78, 5) is 11.3. The van der Waals surface area contributed by atoms with Crippen LogP contribution in [-0.4, -0.2) is 13.1 Å². The average Bonchev–Trinajstić information content (AvgIpc) is 2.45. The summed E-state index contributed by atoms with van der Waals surface area (Å²) in [6, 6.07) is 13.3. The molecule has 0 bridgehead atoms. The van der Waals surface area contributed by atoms with Crippen LogP contribution < -0.4 is 0 Å². The molecule has 2 aromatic carbocycles. The highest BCUT2D eigenvalue weighted by molar-refractivity contribution is 5.89. The van der Waals surface area contributed by atoms with Gasteiger partial charge in [0.05, 0.1) is 12.7 Å². The van der Waals surface area contributed by atoms with E-state index in [1.54, 1.807) is 18.2 Å². The first-order valence-corrected chi connectivity index (χ1v) is 5.81. The lowest BCUT2D eigenvalue weighted by atomic mass is 10.1. The van der Waals surface area contributed by atoms with Crippen molar-refractivity contribution in [1.29, 1.82) is 0 Å². The zero-order valence-electron chi connectivity index (χ0n) is 10.5. The van der Waals surface area contributed by atoms with E-state index >= 15 is 0 Å². The molecule has 0 radical (unpaired) electrons. The third-order valence-corrected chi connectivity index (χ3v) is 2.65. The second kappa shape index (κ2) is 5.96. The Morgan fingerprint density at radius 2 is 1.74 bits per heavy atom. The van der Waals surface area contributed by atoms with Crippen molar-refractivity contribution < 1.29 is 13.9 Å². The molecule has 3 heteroatoms. The number of carbonyl (C=O) groups is 1. The molecule has 0 atom stereocenters. The van der Waals surface area contributed by atoms with Crippen LogP contribution in [0.1, 0.15) is 21.5 Å². The van der Waals surface area contributed by atoms with Gasteiger partial charge in [-0.3, -0.25) is 0 Å². The molecule has 2 nitrogen and oxygen atoms in total. The quantitative estimate of drug-likeness (QED) is 0.617. The molecule has 19 heavy (non-hydrogen) atoms. The summed E-state index contributed by atoms with van der Waals surface area (Å²) >= 11 is 0. The van der Waals surface area contributed by atoms with E-state index in [0.29, 0.717) is 5.56 Å². The summed E-state index contributed by atoms with van der Waals surface area (Å²) in [5.74, 6) is -0.621. The van der Waals surface area contributed by atoms with Gasteiger partial charge >= 0.3 is 5.97 Å².